The van der Waals surface area contributed by atoms with E-state index in [2.05, 4.69) is 30.1 Å². The lowest BCUT2D eigenvalue weighted by atomic mass is 9.97. The first kappa shape index (κ1) is 14.9. The third-order valence-corrected chi connectivity index (χ3v) is 3.94. The highest BCUT2D eigenvalue weighted by Gasteiger charge is 2.25. The summed E-state index contributed by atoms with van der Waals surface area (Å²) >= 11 is 0. The number of nitrogens with zero attached hydrogens (tertiary/aromatic N) is 1. The van der Waals surface area contributed by atoms with E-state index in [0.29, 0.717) is 5.92 Å². The molecule has 3 N–H and O–H groups in total. The highest BCUT2D eigenvalue weighted by atomic mass is 16.2. The van der Waals surface area contributed by atoms with Gasteiger partial charge in [0.2, 0.25) is 5.91 Å². The summed E-state index contributed by atoms with van der Waals surface area (Å²) in [7, 11) is 0. The Labute approximate surface area is 121 Å². The number of anilines is 1. The summed E-state index contributed by atoms with van der Waals surface area (Å²) in [4.78, 5) is 14.4. The van der Waals surface area contributed by atoms with Crippen LogP contribution in [0.2, 0.25) is 0 Å². The number of amides is 1. The first-order valence-corrected chi connectivity index (χ1v) is 7.37. The van der Waals surface area contributed by atoms with Crippen molar-refractivity contribution >= 4 is 11.6 Å². The molecule has 1 atom stereocenters. The number of rotatable bonds is 4. The van der Waals surface area contributed by atoms with Crippen LogP contribution < -0.4 is 11.1 Å². The SMILES string of the molecule is CC(C)CNC(=O)C(C)N1CCc2c(N)cccc2C1. The van der Waals surface area contributed by atoms with E-state index in [1.54, 1.807) is 0 Å². The zero-order chi connectivity index (χ0) is 14.7. The Bertz CT molecular complexity index is 485. The number of nitrogen functional groups attached to an aromatic ring is 1. The molecule has 4 nitrogen and oxygen atoms in total. The van der Waals surface area contributed by atoms with Crippen LogP contribution in [0.5, 0.6) is 0 Å². The first-order valence-electron chi connectivity index (χ1n) is 7.37. The van der Waals surface area contributed by atoms with Crippen molar-refractivity contribution in [2.45, 2.75) is 39.8 Å². The Hall–Kier alpha value is -1.55. The van der Waals surface area contributed by atoms with E-state index < -0.39 is 0 Å². The molecule has 1 aliphatic heterocycles. The van der Waals surface area contributed by atoms with Crippen molar-refractivity contribution in [3.63, 3.8) is 0 Å². The standard InChI is InChI=1S/C16H25N3O/c1-11(2)9-18-16(20)12(3)19-8-7-14-13(10-19)5-4-6-15(14)17/h4-6,11-12H,7-10,17H2,1-3H3,(H,18,20). The number of nitrogens with two attached hydrogens (primary N) is 1. The molecule has 2 rings (SSSR count). The lowest BCUT2D eigenvalue weighted by Crippen LogP contribution is -2.47. The molecule has 1 aliphatic rings. The smallest absolute Gasteiger partial charge is 0.237 e. The van der Waals surface area contributed by atoms with Crippen LogP contribution in [0.4, 0.5) is 5.69 Å². The average Bonchev–Trinajstić information content (AvgIpc) is 2.43. The van der Waals surface area contributed by atoms with Crippen LogP contribution in [0, 0.1) is 5.92 Å². The molecule has 0 saturated carbocycles. The quantitative estimate of drug-likeness (QED) is 0.824. The molecule has 0 saturated heterocycles. The maximum Gasteiger partial charge on any atom is 0.237 e. The van der Waals surface area contributed by atoms with E-state index in [9.17, 15) is 4.79 Å². The van der Waals surface area contributed by atoms with E-state index in [-0.39, 0.29) is 11.9 Å². The van der Waals surface area contributed by atoms with Crippen molar-refractivity contribution < 1.29 is 4.79 Å². The topological polar surface area (TPSA) is 58.4 Å². The van der Waals surface area contributed by atoms with E-state index in [1.807, 2.05) is 19.1 Å². The molecule has 1 amide bonds. The Morgan fingerprint density at radius 1 is 1.40 bits per heavy atom. The monoisotopic (exact) mass is 275 g/mol. The third kappa shape index (κ3) is 3.31. The van der Waals surface area contributed by atoms with Crippen molar-refractivity contribution in [1.82, 2.24) is 10.2 Å². The molecule has 0 aliphatic carbocycles. The molecule has 1 aromatic carbocycles. The Morgan fingerprint density at radius 3 is 2.85 bits per heavy atom. The fraction of sp³-hybridized carbons (Fsp3) is 0.562. The van der Waals surface area contributed by atoms with Crippen molar-refractivity contribution in [3.8, 4) is 0 Å². The van der Waals surface area contributed by atoms with Crippen LogP contribution in [-0.4, -0.2) is 29.9 Å². The Kier molecular flexibility index (Phi) is 4.65. The second-order valence-electron chi connectivity index (χ2n) is 6.02. The molecule has 4 heteroatoms. The van der Waals surface area contributed by atoms with Gasteiger partial charge >= 0.3 is 0 Å². The van der Waals surface area contributed by atoms with Gasteiger partial charge in [0.25, 0.3) is 0 Å². The number of carbonyl (C=O) groups is 1. The second-order valence-corrected chi connectivity index (χ2v) is 6.02. The summed E-state index contributed by atoms with van der Waals surface area (Å²) < 4.78 is 0. The number of hydrogen-bond donors (Lipinski definition) is 2. The van der Waals surface area contributed by atoms with Crippen LogP contribution in [0.1, 0.15) is 31.9 Å². The number of benzene rings is 1. The van der Waals surface area contributed by atoms with Gasteiger partial charge in [-0.2, -0.15) is 0 Å². The van der Waals surface area contributed by atoms with Gasteiger partial charge in [-0.05, 0) is 36.5 Å². The van der Waals surface area contributed by atoms with Crippen LogP contribution in [0.15, 0.2) is 18.2 Å². The molecule has 20 heavy (non-hydrogen) atoms. The molecule has 1 heterocycles. The van der Waals surface area contributed by atoms with Gasteiger partial charge in [-0.15, -0.1) is 0 Å². The van der Waals surface area contributed by atoms with Crippen LogP contribution in [0.25, 0.3) is 0 Å². The average molecular weight is 275 g/mol. The lowest BCUT2D eigenvalue weighted by Gasteiger charge is -2.33. The summed E-state index contributed by atoms with van der Waals surface area (Å²) in [5.74, 6) is 0.596. The van der Waals surface area contributed by atoms with Crippen molar-refractivity contribution in [1.29, 1.82) is 0 Å². The van der Waals surface area contributed by atoms with Crippen LogP contribution in [0.3, 0.4) is 0 Å². The molecule has 0 spiro atoms. The fourth-order valence-corrected chi connectivity index (χ4v) is 2.61. The van der Waals surface area contributed by atoms with Crippen molar-refractivity contribution in [3.05, 3.63) is 29.3 Å². The van der Waals surface area contributed by atoms with E-state index in [4.69, 9.17) is 5.73 Å². The van der Waals surface area contributed by atoms with E-state index >= 15 is 0 Å². The Balaban J connectivity index is 2.00. The molecule has 1 aromatic rings. The van der Waals surface area contributed by atoms with Crippen molar-refractivity contribution in [2.75, 3.05) is 18.8 Å². The highest BCUT2D eigenvalue weighted by Crippen LogP contribution is 2.25. The highest BCUT2D eigenvalue weighted by molar-refractivity contribution is 5.81. The summed E-state index contributed by atoms with van der Waals surface area (Å²) in [6.07, 6.45) is 0.920. The zero-order valence-corrected chi connectivity index (χ0v) is 12.6. The molecule has 0 radical (unpaired) electrons. The summed E-state index contributed by atoms with van der Waals surface area (Å²) in [6, 6.07) is 5.95. The minimum absolute atomic E-state index is 0.0941. The van der Waals surface area contributed by atoms with Gasteiger partial charge in [-0.25, -0.2) is 0 Å². The number of fused-ring (bicyclic) bond motifs is 1. The minimum Gasteiger partial charge on any atom is -0.398 e. The van der Waals surface area contributed by atoms with Gasteiger partial charge in [-0.3, -0.25) is 9.69 Å². The molecule has 110 valence electrons. The summed E-state index contributed by atoms with van der Waals surface area (Å²) in [5.41, 5.74) is 9.38. The third-order valence-electron chi connectivity index (χ3n) is 3.94. The van der Waals surface area contributed by atoms with Crippen LogP contribution in [-0.2, 0) is 17.8 Å². The van der Waals surface area contributed by atoms with Gasteiger partial charge in [0.05, 0.1) is 6.04 Å². The summed E-state index contributed by atoms with van der Waals surface area (Å²) in [6.45, 7) is 8.61. The van der Waals surface area contributed by atoms with Gasteiger partial charge < -0.3 is 11.1 Å². The van der Waals surface area contributed by atoms with E-state index in [1.165, 1.54) is 11.1 Å². The molecule has 1 unspecified atom stereocenters. The van der Waals surface area contributed by atoms with Crippen molar-refractivity contribution in [2.24, 2.45) is 5.92 Å². The van der Waals surface area contributed by atoms with Gasteiger partial charge in [0.15, 0.2) is 0 Å². The van der Waals surface area contributed by atoms with Gasteiger partial charge in [0, 0.05) is 25.3 Å². The Morgan fingerprint density at radius 2 is 2.15 bits per heavy atom. The van der Waals surface area contributed by atoms with Gasteiger partial charge in [-0.1, -0.05) is 26.0 Å². The fourth-order valence-electron chi connectivity index (χ4n) is 2.61. The lowest BCUT2D eigenvalue weighted by molar-refractivity contribution is -0.126. The number of nitrogens with one attached hydrogen (secondary N) is 1. The van der Waals surface area contributed by atoms with E-state index in [0.717, 1.165) is 31.7 Å². The molecule has 0 fully saturated rings. The maximum absolute atomic E-state index is 12.1. The maximum atomic E-state index is 12.1. The minimum atomic E-state index is -0.0941. The number of carbonyl (C=O) groups excluding carboxylic acids is 1. The zero-order valence-electron chi connectivity index (χ0n) is 12.6. The first-order chi connectivity index (χ1) is 9.49. The second kappa shape index (κ2) is 6.27. The summed E-state index contributed by atoms with van der Waals surface area (Å²) in [5, 5.41) is 3.01. The predicted molar refractivity (Wildman–Crippen MR) is 82.3 cm³/mol. The predicted octanol–water partition coefficient (Wildman–Crippen LogP) is 1.79. The molecule has 0 bridgehead atoms. The molecule has 0 aromatic heterocycles. The largest absolute Gasteiger partial charge is 0.398 e. The van der Waals surface area contributed by atoms with Gasteiger partial charge in [0.1, 0.15) is 0 Å². The van der Waals surface area contributed by atoms with Crippen LogP contribution >= 0.6 is 0 Å². The number of hydrogen-bond acceptors (Lipinski definition) is 3. The normalized spacial score (nSPS) is 16.8. The molecular formula is C16H25N3O. The molecular weight excluding hydrogens is 250 g/mol.